The molecule has 98 valence electrons. The summed E-state index contributed by atoms with van der Waals surface area (Å²) in [6.45, 7) is 4.00. The van der Waals surface area contributed by atoms with Crippen LogP contribution in [0.3, 0.4) is 0 Å². The highest BCUT2D eigenvalue weighted by atomic mass is 14.4. The van der Waals surface area contributed by atoms with E-state index in [9.17, 15) is 0 Å². The molecule has 0 fully saturated rings. The first-order valence-corrected chi connectivity index (χ1v) is 6.71. The van der Waals surface area contributed by atoms with Gasteiger partial charge in [-0.1, -0.05) is 80.6 Å². The summed E-state index contributed by atoms with van der Waals surface area (Å²) in [5.41, 5.74) is 2.78. The van der Waals surface area contributed by atoms with Crippen molar-refractivity contribution >= 4 is 5.71 Å². The Morgan fingerprint density at radius 2 is 1.42 bits per heavy atom. The molecule has 2 aromatic carbocycles. The van der Waals surface area contributed by atoms with E-state index in [2.05, 4.69) is 12.1 Å². The fraction of sp³-hybridized carbons (Fsp3) is 0.167. The topological polar surface area (TPSA) is 23.9 Å². The van der Waals surface area contributed by atoms with Crippen molar-refractivity contribution in [2.24, 2.45) is 0 Å². The molecule has 1 nitrogen and oxygen atoms in total. The molecule has 0 radical (unpaired) electrons. The Hall–Kier alpha value is -2.15. The number of hydrogen-bond acceptors (Lipinski definition) is 1. The van der Waals surface area contributed by atoms with Crippen molar-refractivity contribution in [2.75, 3.05) is 0 Å². The molecule has 2 aromatic rings. The minimum Gasteiger partial charge on any atom is -0.300 e. The first kappa shape index (κ1) is 14.9. The van der Waals surface area contributed by atoms with E-state index in [0.29, 0.717) is 5.71 Å². The van der Waals surface area contributed by atoms with E-state index >= 15 is 0 Å². The lowest BCUT2D eigenvalue weighted by molar-refractivity contribution is 1.27. The van der Waals surface area contributed by atoms with Crippen LogP contribution in [0.15, 0.2) is 72.8 Å². The summed E-state index contributed by atoms with van der Waals surface area (Å²) in [5.74, 6) is 0. The van der Waals surface area contributed by atoms with E-state index in [-0.39, 0.29) is 0 Å². The minimum atomic E-state index is 0.557. The Balaban J connectivity index is 0.000000861. The molecule has 1 heteroatoms. The monoisotopic (exact) mass is 251 g/mol. The summed E-state index contributed by atoms with van der Waals surface area (Å²) in [6, 6.07) is 20.0. The predicted molar refractivity (Wildman–Crippen MR) is 83.9 cm³/mol. The fourth-order valence-electron chi connectivity index (χ4n) is 1.64. The second kappa shape index (κ2) is 8.87. The van der Waals surface area contributed by atoms with Crippen molar-refractivity contribution in [1.82, 2.24) is 0 Å². The molecule has 0 spiro atoms. The quantitative estimate of drug-likeness (QED) is 0.749. The SMILES string of the molecule is CC.N=C(/C=C\Cc1ccccc1)c1ccccc1. The third-order valence-electron chi connectivity index (χ3n) is 2.57. The molecule has 0 amide bonds. The minimum absolute atomic E-state index is 0.557. The van der Waals surface area contributed by atoms with Crippen molar-refractivity contribution in [3.05, 3.63) is 83.9 Å². The third kappa shape index (κ3) is 5.35. The summed E-state index contributed by atoms with van der Waals surface area (Å²) >= 11 is 0. The Morgan fingerprint density at radius 1 is 0.895 bits per heavy atom. The Kier molecular flexibility index (Phi) is 6.96. The fourth-order valence-corrected chi connectivity index (χ4v) is 1.64. The van der Waals surface area contributed by atoms with Crippen molar-refractivity contribution in [3.63, 3.8) is 0 Å². The summed E-state index contributed by atoms with van der Waals surface area (Å²) < 4.78 is 0. The van der Waals surface area contributed by atoms with Crippen LogP contribution in [0.4, 0.5) is 0 Å². The van der Waals surface area contributed by atoms with E-state index in [0.717, 1.165) is 12.0 Å². The summed E-state index contributed by atoms with van der Waals surface area (Å²) in [5, 5.41) is 7.91. The van der Waals surface area contributed by atoms with E-state index in [1.807, 2.05) is 74.5 Å². The maximum Gasteiger partial charge on any atom is 0.0609 e. The average Bonchev–Trinajstić information content (AvgIpc) is 2.51. The molecule has 0 bridgehead atoms. The highest BCUT2D eigenvalue weighted by Crippen LogP contribution is 2.03. The smallest absolute Gasteiger partial charge is 0.0609 e. The molecule has 0 unspecified atom stereocenters. The van der Waals surface area contributed by atoms with Crippen LogP contribution < -0.4 is 0 Å². The molecule has 0 aliphatic heterocycles. The molecule has 0 saturated carbocycles. The van der Waals surface area contributed by atoms with Gasteiger partial charge in [0.05, 0.1) is 5.71 Å². The van der Waals surface area contributed by atoms with Gasteiger partial charge in [0.25, 0.3) is 0 Å². The molecule has 0 heterocycles. The molecular formula is C18H21N. The van der Waals surface area contributed by atoms with Crippen LogP contribution in [0.2, 0.25) is 0 Å². The van der Waals surface area contributed by atoms with Gasteiger partial charge in [-0.3, -0.25) is 0 Å². The first-order chi connectivity index (χ1) is 9.36. The lowest BCUT2D eigenvalue weighted by atomic mass is 10.1. The second-order valence-electron chi connectivity index (χ2n) is 3.87. The number of benzene rings is 2. The zero-order chi connectivity index (χ0) is 13.9. The lowest BCUT2D eigenvalue weighted by Crippen LogP contribution is -1.93. The molecule has 0 saturated heterocycles. The van der Waals surface area contributed by atoms with Crippen molar-refractivity contribution in [1.29, 1.82) is 5.41 Å². The summed E-state index contributed by atoms with van der Waals surface area (Å²) in [6.07, 6.45) is 4.77. The highest BCUT2D eigenvalue weighted by Gasteiger charge is 1.94. The Bertz CT molecular complexity index is 498. The second-order valence-corrected chi connectivity index (χ2v) is 3.87. The van der Waals surface area contributed by atoms with Gasteiger partial charge in [-0.2, -0.15) is 0 Å². The van der Waals surface area contributed by atoms with Gasteiger partial charge in [-0.25, -0.2) is 0 Å². The maximum atomic E-state index is 7.91. The Labute approximate surface area is 116 Å². The van der Waals surface area contributed by atoms with Crippen LogP contribution in [0, 0.1) is 5.41 Å². The van der Waals surface area contributed by atoms with Crippen LogP contribution in [-0.2, 0) is 6.42 Å². The number of allylic oxidation sites excluding steroid dienone is 2. The molecule has 0 atom stereocenters. The number of rotatable bonds is 4. The lowest BCUT2D eigenvalue weighted by Gasteiger charge is -1.98. The third-order valence-corrected chi connectivity index (χ3v) is 2.57. The van der Waals surface area contributed by atoms with Gasteiger partial charge in [-0.05, 0) is 23.6 Å². The van der Waals surface area contributed by atoms with Crippen LogP contribution in [-0.4, -0.2) is 5.71 Å². The van der Waals surface area contributed by atoms with E-state index in [4.69, 9.17) is 5.41 Å². The summed E-state index contributed by atoms with van der Waals surface area (Å²) in [7, 11) is 0. The van der Waals surface area contributed by atoms with Gasteiger partial charge in [0, 0.05) is 0 Å². The summed E-state index contributed by atoms with van der Waals surface area (Å²) in [4.78, 5) is 0. The van der Waals surface area contributed by atoms with Gasteiger partial charge < -0.3 is 5.41 Å². The van der Waals surface area contributed by atoms with Gasteiger partial charge in [0.2, 0.25) is 0 Å². The normalized spacial score (nSPS) is 9.79. The highest BCUT2D eigenvalue weighted by molar-refractivity contribution is 6.06. The van der Waals surface area contributed by atoms with Crippen LogP contribution in [0.25, 0.3) is 0 Å². The number of hydrogen-bond donors (Lipinski definition) is 1. The van der Waals surface area contributed by atoms with Crippen LogP contribution >= 0.6 is 0 Å². The molecule has 1 N–H and O–H groups in total. The molecule has 0 aliphatic rings. The van der Waals surface area contributed by atoms with Gasteiger partial charge >= 0.3 is 0 Å². The molecule has 2 rings (SSSR count). The molecule has 0 aromatic heterocycles. The van der Waals surface area contributed by atoms with E-state index < -0.39 is 0 Å². The van der Waals surface area contributed by atoms with Gasteiger partial charge in [0.1, 0.15) is 0 Å². The van der Waals surface area contributed by atoms with Crippen molar-refractivity contribution in [3.8, 4) is 0 Å². The standard InChI is InChI=1S/C16H15N.C2H6/c17-16(15-11-5-2-6-12-15)13-7-10-14-8-3-1-4-9-14;1-2/h1-9,11-13,17H,10H2;1-2H3/b13-7-,17-16?;. The van der Waals surface area contributed by atoms with Crippen LogP contribution in [0.5, 0.6) is 0 Å². The predicted octanol–water partition coefficient (Wildman–Crippen LogP) is 4.88. The zero-order valence-corrected chi connectivity index (χ0v) is 11.6. The largest absolute Gasteiger partial charge is 0.300 e. The number of nitrogens with one attached hydrogen (secondary N) is 1. The van der Waals surface area contributed by atoms with Gasteiger partial charge in [-0.15, -0.1) is 0 Å². The first-order valence-electron chi connectivity index (χ1n) is 6.71. The van der Waals surface area contributed by atoms with E-state index in [1.54, 1.807) is 0 Å². The zero-order valence-electron chi connectivity index (χ0n) is 11.6. The molecular weight excluding hydrogens is 230 g/mol. The van der Waals surface area contributed by atoms with Gasteiger partial charge in [0.15, 0.2) is 0 Å². The Morgan fingerprint density at radius 3 is 2.00 bits per heavy atom. The molecule has 19 heavy (non-hydrogen) atoms. The van der Waals surface area contributed by atoms with Crippen molar-refractivity contribution < 1.29 is 0 Å². The van der Waals surface area contributed by atoms with Crippen LogP contribution in [0.1, 0.15) is 25.0 Å². The molecule has 0 aliphatic carbocycles. The average molecular weight is 251 g/mol. The van der Waals surface area contributed by atoms with Crippen molar-refractivity contribution in [2.45, 2.75) is 20.3 Å². The maximum absolute atomic E-state index is 7.91. The van der Waals surface area contributed by atoms with E-state index in [1.165, 1.54) is 5.56 Å².